The maximum Gasteiger partial charge on any atom is 0.185 e. The zero-order chi connectivity index (χ0) is 13.0. The monoisotopic (exact) mass is 256 g/mol. The van der Waals surface area contributed by atoms with Crippen molar-refractivity contribution in [2.24, 2.45) is 0 Å². The first kappa shape index (κ1) is 12.6. The Hall–Kier alpha value is -1.86. The Morgan fingerprint density at radius 1 is 1.11 bits per heavy atom. The maximum atomic E-state index is 11.9. The van der Waals surface area contributed by atoms with Crippen molar-refractivity contribution in [3.8, 4) is 0 Å². The van der Waals surface area contributed by atoms with E-state index in [0.717, 1.165) is 11.1 Å². The molecule has 0 aliphatic rings. The van der Waals surface area contributed by atoms with Crippen molar-refractivity contribution >= 4 is 23.5 Å². The van der Waals surface area contributed by atoms with Gasteiger partial charge in [0, 0.05) is 10.6 Å². The van der Waals surface area contributed by atoms with Gasteiger partial charge in [-0.1, -0.05) is 54.1 Å². The molecule has 0 fully saturated rings. The van der Waals surface area contributed by atoms with Crippen LogP contribution in [0.3, 0.4) is 0 Å². The summed E-state index contributed by atoms with van der Waals surface area (Å²) in [6.45, 7) is 2.02. The summed E-state index contributed by atoms with van der Waals surface area (Å²) >= 11 is 5.85. The Balaban J connectivity index is 2.20. The van der Waals surface area contributed by atoms with Crippen molar-refractivity contribution < 1.29 is 4.79 Å². The van der Waals surface area contributed by atoms with Gasteiger partial charge in [-0.05, 0) is 36.3 Å². The van der Waals surface area contributed by atoms with Gasteiger partial charge in [0.2, 0.25) is 0 Å². The Morgan fingerprint density at radius 3 is 2.61 bits per heavy atom. The van der Waals surface area contributed by atoms with Crippen LogP contribution in [0, 0.1) is 6.92 Å². The summed E-state index contributed by atoms with van der Waals surface area (Å²) in [5.41, 5.74) is 2.80. The first-order valence-electron chi connectivity index (χ1n) is 5.70. The van der Waals surface area contributed by atoms with E-state index in [1.165, 1.54) is 0 Å². The highest BCUT2D eigenvalue weighted by molar-refractivity contribution is 6.31. The lowest BCUT2D eigenvalue weighted by atomic mass is 10.1. The second-order valence-electron chi connectivity index (χ2n) is 4.06. The minimum absolute atomic E-state index is 0.0410. The van der Waals surface area contributed by atoms with Gasteiger partial charge in [0.05, 0.1) is 0 Å². The number of allylic oxidation sites excluding steroid dienone is 1. The van der Waals surface area contributed by atoms with E-state index in [-0.39, 0.29) is 5.78 Å². The van der Waals surface area contributed by atoms with Gasteiger partial charge in [0.25, 0.3) is 0 Å². The van der Waals surface area contributed by atoms with Gasteiger partial charge in [-0.3, -0.25) is 4.79 Å². The Kier molecular flexibility index (Phi) is 3.96. The van der Waals surface area contributed by atoms with E-state index in [9.17, 15) is 4.79 Å². The van der Waals surface area contributed by atoms with E-state index in [1.54, 1.807) is 30.3 Å². The standard InChI is InChI=1S/C16H13ClO/c1-12-5-2-3-6-13(12)9-10-16(18)14-7-4-8-15(17)11-14/h2-11H,1H3/b10-9+. The van der Waals surface area contributed by atoms with Crippen LogP contribution < -0.4 is 0 Å². The molecule has 2 rings (SSSR count). The lowest BCUT2D eigenvalue weighted by Crippen LogP contribution is -1.93. The molecule has 0 aromatic heterocycles. The molecule has 0 saturated heterocycles. The summed E-state index contributed by atoms with van der Waals surface area (Å²) in [6, 6.07) is 14.9. The van der Waals surface area contributed by atoms with Crippen LogP contribution in [0.25, 0.3) is 6.08 Å². The van der Waals surface area contributed by atoms with Crippen molar-refractivity contribution in [2.75, 3.05) is 0 Å². The molecule has 90 valence electrons. The van der Waals surface area contributed by atoms with Gasteiger partial charge in [-0.25, -0.2) is 0 Å². The van der Waals surface area contributed by atoms with Crippen molar-refractivity contribution in [3.05, 3.63) is 76.3 Å². The molecule has 0 spiro atoms. The minimum atomic E-state index is -0.0410. The van der Waals surface area contributed by atoms with Crippen LogP contribution in [0.2, 0.25) is 5.02 Å². The van der Waals surface area contributed by atoms with Crippen molar-refractivity contribution in [2.45, 2.75) is 6.92 Å². The van der Waals surface area contributed by atoms with Gasteiger partial charge in [-0.15, -0.1) is 0 Å². The van der Waals surface area contributed by atoms with Crippen molar-refractivity contribution in [3.63, 3.8) is 0 Å². The highest BCUT2D eigenvalue weighted by Crippen LogP contribution is 2.13. The fourth-order valence-corrected chi connectivity index (χ4v) is 1.87. The fraction of sp³-hybridized carbons (Fsp3) is 0.0625. The van der Waals surface area contributed by atoms with Crippen LogP contribution in [0.4, 0.5) is 0 Å². The first-order chi connectivity index (χ1) is 8.66. The van der Waals surface area contributed by atoms with E-state index in [4.69, 9.17) is 11.6 Å². The smallest absolute Gasteiger partial charge is 0.185 e. The molecule has 0 aliphatic heterocycles. The summed E-state index contributed by atoms with van der Waals surface area (Å²) in [6.07, 6.45) is 3.41. The third-order valence-electron chi connectivity index (χ3n) is 2.71. The molecule has 0 heterocycles. The van der Waals surface area contributed by atoms with Gasteiger partial charge >= 0.3 is 0 Å². The summed E-state index contributed by atoms with van der Waals surface area (Å²) in [5.74, 6) is -0.0410. The van der Waals surface area contributed by atoms with E-state index in [1.807, 2.05) is 37.3 Å². The summed E-state index contributed by atoms with van der Waals surface area (Å²) < 4.78 is 0. The van der Waals surface area contributed by atoms with Crippen molar-refractivity contribution in [1.82, 2.24) is 0 Å². The summed E-state index contributed by atoms with van der Waals surface area (Å²) in [5, 5.41) is 0.574. The molecule has 2 aromatic carbocycles. The van der Waals surface area contributed by atoms with Gasteiger partial charge in [0.15, 0.2) is 5.78 Å². The molecule has 0 amide bonds. The van der Waals surface area contributed by atoms with Crippen LogP contribution in [0.15, 0.2) is 54.6 Å². The molecule has 2 aromatic rings. The van der Waals surface area contributed by atoms with Crippen LogP contribution in [-0.4, -0.2) is 5.78 Å². The molecule has 0 bridgehead atoms. The van der Waals surface area contributed by atoms with Crippen molar-refractivity contribution in [1.29, 1.82) is 0 Å². The zero-order valence-electron chi connectivity index (χ0n) is 10.1. The number of carbonyl (C=O) groups excluding carboxylic acids is 1. The number of halogens is 1. The molecular formula is C16H13ClO. The normalized spacial score (nSPS) is 10.8. The summed E-state index contributed by atoms with van der Waals surface area (Å²) in [7, 11) is 0. The predicted molar refractivity (Wildman–Crippen MR) is 76.0 cm³/mol. The Labute approximate surface area is 112 Å². The zero-order valence-corrected chi connectivity index (χ0v) is 10.8. The van der Waals surface area contributed by atoms with Gasteiger partial charge < -0.3 is 0 Å². The lowest BCUT2D eigenvalue weighted by molar-refractivity contribution is 0.104. The maximum absolute atomic E-state index is 11.9. The first-order valence-corrected chi connectivity index (χ1v) is 6.08. The highest BCUT2D eigenvalue weighted by Gasteiger charge is 2.02. The quantitative estimate of drug-likeness (QED) is 0.582. The average molecular weight is 257 g/mol. The molecular weight excluding hydrogens is 244 g/mol. The SMILES string of the molecule is Cc1ccccc1/C=C/C(=O)c1cccc(Cl)c1. The van der Waals surface area contributed by atoms with E-state index in [2.05, 4.69) is 0 Å². The predicted octanol–water partition coefficient (Wildman–Crippen LogP) is 4.54. The number of ketones is 1. The Bertz CT molecular complexity index is 600. The van der Waals surface area contributed by atoms with E-state index >= 15 is 0 Å². The van der Waals surface area contributed by atoms with Crippen LogP contribution in [0.5, 0.6) is 0 Å². The largest absolute Gasteiger partial charge is 0.289 e. The molecule has 1 nitrogen and oxygen atoms in total. The number of aryl methyl sites for hydroxylation is 1. The molecule has 0 saturated carbocycles. The van der Waals surface area contributed by atoms with Crippen LogP contribution >= 0.6 is 11.6 Å². The number of hydrogen-bond acceptors (Lipinski definition) is 1. The molecule has 2 heteroatoms. The molecule has 18 heavy (non-hydrogen) atoms. The number of benzene rings is 2. The number of rotatable bonds is 3. The minimum Gasteiger partial charge on any atom is -0.289 e. The van der Waals surface area contributed by atoms with E-state index < -0.39 is 0 Å². The van der Waals surface area contributed by atoms with Gasteiger partial charge in [0.1, 0.15) is 0 Å². The van der Waals surface area contributed by atoms with E-state index in [0.29, 0.717) is 10.6 Å². The van der Waals surface area contributed by atoms with Gasteiger partial charge in [-0.2, -0.15) is 0 Å². The molecule has 0 radical (unpaired) electrons. The molecule has 0 atom stereocenters. The molecule has 0 N–H and O–H groups in total. The number of hydrogen-bond donors (Lipinski definition) is 0. The third kappa shape index (κ3) is 3.08. The topological polar surface area (TPSA) is 17.1 Å². The van der Waals surface area contributed by atoms with Crippen LogP contribution in [-0.2, 0) is 0 Å². The second kappa shape index (κ2) is 5.65. The Morgan fingerprint density at radius 2 is 1.89 bits per heavy atom. The number of carbonyl (C=O) groups is 1. The van der Waals surface area contributed by atoms with Crippen LogP contribution in [0.1, 0.15) is 21.5 Å². The highest BCUT2D eigenvalue weighted by atomic mass is 35.5. The fourth-order valence-electron chi connectivity index (χ4n) is 1.68. The third-order valence-corrected chi connectivity index (χ3v) is 2.95. The molecule has 0 unspecified atom stereocenters. The second-order valence-corrected chi connectivity index (χ2v) is 4.50. The summed E-state index contributed by atoms with van der Waals surface area (Å²) in [4.78, 5) is 11.9. The molecule has 0 aliphatic carbocycles. The lowest BCUT2D eigenvalue weighted by Gasteiger charge is -1.99. The average Bonchev–Trinajstić information content (AvgIpc) is 2.37.